The third kappa shape index (κ3) is 15.2. The van der Waals surface area contributed by atoms with Gasteiger partial charge in [0.1, 0.15) is 91.1 Å². The van der Waals surface area contributed by atoms with Crippen molar-refractivity contribution in [3.8, 4) is 5.75 Å². The van der Waals surface area contributed by atoms with Crippen molar-refractivity contribution in [3.05, 3.63) is 20.4 Å². The predicted molar refractivity (Wildman–Crippen MR) is 255 cm³/mol. The molecule has 0 bridgehead atoms. The van der Waals surface area contributed by atoms with Gasteiger partial charge in [-0.2, -0.15) is 0 Å². The van der Waals surface area contributed by atoms with Crippen molar-refractivity contribution in [3.63, 3.8) is 0 Å². The Balaban J connectivity index is 1.40. The molecule has 0 aliphatic carbocycles. The van der Waals surface area contributed by atoms with Crippen LogP contribution in [0.5, 0.6) is 5.75 Å². The average molecular weight is 1100 g/mol. The van der Waals surface area contributed by atoms with Crippen molar-refractivity contribution in [1.29, 1.82) is 0 Å². The molecule has 4 heterocycles. The van der Waals surface area contributed by atoms with Crippen LogP contribution in [0.15, 0.2) is 9.59 Å². The molecule has 29 nitrogen and oxygen atoms in total. The van der Waals surface area contributed by atoms with Gasteiger partial charge < -0.3 is 120 Å². The van der Waals surface area contributed by atoms with Crippen LogP contribution in [0, 0.1) is 0 Å². The van der Waals surface area contributed by atoms with Crippen molar-refractivity contribution in [2.24, 2.45) is 0 Å². The predicted octanol–water partition coefficient (Wildman–Crippen LogP) is -5.98. The highest BCUT2D eigenvalue weighted by molar-refractivity contribution is 5.77. The van der Waals surface area contributed by atoms with Gasteiger partial charge in [-0.3, -0.25) is 19.2 Å². The van der Waals surface area contributed by atoms with Crippen LogP contribution in [-0.2, 0) is 52.3 Å². The zero-order valence-electron chi connectivity index (χ0n) is 42.7. The second-order valence-electron chi connectivity index (χ2n) is 19.5. The Morgan fingerprint density at radius 3 is 1.89 bits per heavy atom. The largest absolute Gasteiger partial charge is 0.487 e. The summed E-state index contributed by atoms with van der Waals surface area (Å²) in [6.45, 7) is 2.07. The number of rotatable bonds is 29. The molecular formula is C47H77N3O26. The summed E-state index contributed by atoms with van der Waals surface area (Å²) in [5.41, 5.74) is -1.73. The number of aliphatic hydroxyl groups excluding tert-OH is 11. The molecule has 2 amide bonds. The molecule has 1 aromatic carbocycles. The summed E-state index contributed by atoms with van der Waals surface area (Å²) in [7, 11) is 0. The van der Waals surface area contributed by atoms with Crippen LogP contribution in [0.25, 0.3) is 0 Å². The Hall–Kier alpha value is -3.67. The minimum Gasteiger partial charge on any atom is -0.487 e. The SMILES string of the molecule is CCCCCCCCCCOc1c(NCCO[C@@H]2O[C@H](CO)[C@@H](O[C@@H]3O[C@H](CO)[C@H](O)[C@H](O[C@]4(C(=O)O)C[C@H](O)[C@@H](NC(C)=O)[C@H]([C@H](O)[C@H](O)CO)O4)[C@H]3O)[C@H](O[C@@H]3O[C@@H](C)[C@@H](O)[C@@H](O)[C@@H]3O)[C@H]2NC(C)=O)c(=O)c1=O. The molecule has 0 saturated carbocycles. The van der Waals surface area contributed by atoms with E-state index in [4.69, 9.17) is 42.6 Å². The van der Waals surface area contributed by atoms with Gasteiger partial charge in [0.25, 0.3) is 16.6 Å². The van der Waals surface area contributed by atoms with Gasteiger partial charge in [-0.15, -0.1) is 0 Å². The van der Waals surface area contributed by atoms with Crippen molar-refractivity contribution in [2.75, 3.05) is 44.9 Å². The molecule has 0 unspecified atom stereocenters. The van der Waals surface area contributed by atoms with Crippen molar-refractivity contribution in [1.82, 2.24) is 10.6 Å². The first-order chi connectivity index (χ1) is 36.0. The van der Waals surface area contributed by atoms with Crippen LogP contribution >= 0.6 is 0 Å². The molecule has 1 aromatic rings. The number of carboxylic acid groups (broad SMARTS) is 1. The van der Waals surface area contributed by atoms with Gasteiger partial charge in [-0.1, -0.05) is 51.9 Å². The van der Waals surface area contributed by atoms with Crippen LogP contribution in [0.1, 0.15) is 85.5 Å². The quantitative estimate of drug-likeness (QED) is 0.0262. The average Bonchev–Trinajstić information content (AvgIpc) is 3.38. The summed E-state index contributed by atoms with van der Waals surface area (Å²) in [4.78, 5) is 63.1. The first kappa shape index (κ1) is 63.2. The molecule has 0 spiro atoms. The van der Waals surface area contributed by atoms with E-state index in [0.29, 0.717) is 6.42 Å². The maximum absolute atomic E-state index is 13.1. The van der Waals surface area contributed by atoms with Crippen molar-refractivity contribution >= 4 is 23.5 Å². The molecule has 4 aliphatic heterocycles. The summed E-state index contributed by atoms with van der Waals surface area (Å²) in [5.74, 6) is -6.91. The number of amides is 2. The maximum atomic E-state index is 13.1. The van der Waals surface area contributed by atoms with Crippen LogP contribution < -0.4 is 31.5 Å². The fourth-order valence-corrected chi connectivity index (χ4v) is 9.55. The van der Waals surface area contributed by atoms with Gasteiger partial charge >= 0.3 is 5.97 Å². The molecule has 4 fully saturated rings. The fourth-order valence-electron chi connectivity index (χ4n) is 9.55. The Kier molecular flexibility index (Phi) is 24.1. The number of nitrogens with one attached hydrogen (secondary N) is 3. The van der Waals surface area contributed by atoms with Gasteiger partial charge in [-0.25, -0.2) is 4.79 Å². The highest BCUT2D eigenvalue weighted by Gasteiger charge is 2.61. The van der Waals surface area contributed by atoms with E-state index in [9.17, 15) is 85.3 Å². The number of hydrogen-bond acceptors (Lipinski definition) is 26. The summed E-state index contributed by atoms with van der Waals surface area (Å²) in [5, 5.41) is 137. The van der Waals surface area contributed by atoms with Gasteiger partial charge in [-0.05, 0) is 13.3 Å². The second kappa shape index (κ2) is 29.0. The first-order valence-corrected chi connectivity index (χ1v) is 25.5. The molecule has 29 heteroatoms. The lowest BCUT2D eigenvalue weighted by molar-refractivity contribution is -0.391. The standard InChI is InChI=1S/C47H77N3O26/c1-5-6-7-8-9-10-11-12-14-68-39-28(33(61)35(39)63)48-13-15-69-43-29(50-22(4)55)41(74-44-36(64)34(62)30(58)20(2)70-44)38(26(19-53)72-43)73-45-37(65)42(32(60)25(18-52)71-45)76-47(46(66)67)16-23(56)27(49-21(3)54)40(75-47)31(59)24(57)17-51/h20,23-27,29-32,34,36-38,40-45,48,51-53,56-60,62,64-65H,5-19H2,1-4H3,(H,49,54)(H,50,55)(H,66,67)/t20-,23-,24+,25+,26+,27+,29+,30+,31+,32-,34+,36-,37+,38+,40+,41+,42-,43+,44-,45-,47-/m0/s1. The molecule has 21 atom stereocenters. The van der Waals surface area contributed by atoms with Crippen molar-refractivity contribution in [2.45, 2.75) is 214 Å². The molecule has 4 saturated heterocycles. The number of carbonyl (C=O) groups excluding carboxylic acids is 2. The zero-order valence-corrected chi connectivity index (χ0v) is 42.7. The minimum atomic E-state index is -3.16. The Labute approximate surface area is 436 Å². The molecule has 0 aromatic heterocycles. The lowest BCUT2D eigenvalue weighted by atomic mass is 9.88. The highest BCUT2D eigenvalue weighted by atomic mass is 16.8. The van der Waals surface area contributed by atoms with Crippen LogP contribution in [0.2, 0.25) is 0 Å². The highest BCUT2D eigenvalue weighted by Crippen LogP contribution is 2.39. The number of hydrogen-bond donors (Lipinski definition) is 15. The summed E-state index contributed by atoms with van der Waals surface area (Å²) in [6.07, 6.45) is -27.4. The third-order valence-electron chi connectivity index (χ3n) is 13.7. The first-order valence-electron chi connectivity index (χ1n) is 25.5. The number of ether oxygens (including phenoxy) is 9. The van der Waals surface area contributed by atoms with Crippen LogP contribution in [-0.4, -0.2) is 247 Å². The van der Waals surface area contributed by atoms with E-state index in [1.807, 2.05) is 0 Å². The lowest BCUT2D eigenvalue weighted by Gasteiger charge is -2.51. The zero-order chi connectivity index (χ0) is 56.2. The van der Waals surface area contributed by atoms with E-state index >= 15 is 0 Å². The number of aliphatic carboxylic acids is 1. The summed E-state index contributed by atoms with van der Waals surface area (Å²) in [6, 6.07) is -3.21. The van der Waals surface area contributed by atoms with E-state index in [2.05, 4.69) is 22.9 Å². The molecule has 0 radical (unpaired) electrons. The molecular weight excluding hydrogens is 1020 g/mol. The maximum Gasteiger partial charge on any atom is 0.364 e. The van der Waals surface area contributed by atoms with E-state index in [1.54, 1.807) is 0 Å². The van der Waals surface area contributed by atoms with Crippen LogP contribution in [0.4, 0.5) is 5.69 Å². The van der Waals surface area contributed by atoms with Gasteiger partial charge in [0, 0.05) is 26.8 Å². The number of aliphatic hydroxyl groups is 11. The molecule has 4 aliphatic rings. The van der Waals surface area contributed by atoms with Gasteiger partial charge in [0.15, 0.2) is 24.6 Å². The number of carbonyl (C=O) groups is 3. The van der Waals surface area contributed by atoms with Gasteiger partial charge in [0.05, 0.1) is 51.3 Å². The molecule has 15 N–H and O–H groups in total. The number of carboxylic acids is 1. The fraction of sp³-hybridized carbons (Fsp3) is 0.851. The monoisotopic (exact) mass is 1100 g/mol. The topological polar surface area (TPSA) is 447 Å². The van der Waals surface area contributed by atoms with E-state index in [-0.39, 0.29) is 31.2 Å². The lowest BCUT2D eigenvalue weighted by Crippen LogP contribution is -2.71. The normalized spacial score (nSPS) is 36.8. The Morgan fingerprint density at radius 2 is 1.29 bits per heavy atom. The number of unbranched alkanes of at least 4 members (excludes halogenated alkanes) is 7. The number of anilines is 1. The summed E-state index contributed by atoms with van der Waals surface area (Å²) >= 11 is 0. The van der Waals surface area contributed by atoms with E-state index in [0.717, 1.165) is 46.0 Å². The molecule has 76 heavy (non-hydrogen) atoms. The van der Waals surface area contributed by atoms with E-state index in [1.165, 1.54) is 19.8 Å². The molecule has 436 valence electrons. The minimum absolute atomic E-state index is 0.0930. The third-order valence-corrected chi connectivity index (χ3v) is 13.7. The van der Waals surface area contributed by atoms with E-state index < -0.39 is 183 Å². The second-order valence-corrected chi connectivity index (χ2v) is 19.5. The Bertz CT molecular complexity index is 2070. The summed E-state index contributed by atoms with van der Waals surface area (Å²) < 4.78 is 53.1. The van der Waals surface area contributed by atoms with Gasteiger partial charge in [0.2, 0.25) is 11.8 Å². The molecule has 5 rings (SSSR count). The van der Waals surface area contributed by atoms with Crippen LogP contribution in [0.3, 0.4) is 0 Å². The Morgan fingerprint density at radius 1 is 0.697 bits per heavy atom. The van der Waals surface area contributed by atoms with Crippen molar-refractivity contribution < 1.29 is 118 Å². The smallest absolute Gasteiger partial charge is 0.364 e.